The van der Waals surface area contributed by atoms with Crippen molar-refractivity contribution in [2.24, 2.45) is 5.92 Å². The molecule has 34 heavy (non-hydrogen) atoms. The third kappa shape index (κ3) is 5.14. The van der Waals surface area contributed by atoms with Crippen LogP contribution >= 0.6 is 0 Å². The minimum Gasteiger partial charge on any atom is -0.465 e. The SMILES string of the molecule is COC(=O)c1cc(-c2cc(C(=O)NC3COC3)c(C)n2CC2CCCCC2)cc(C(F)(F)F)c1. The molecule has 1 aromatic carbocycles. The lowest BCUT2D eigenvalue weighted by Crippen LogP contribution is -2.48. The Morgan fingerprint density at radius 1 is 1.12 bits per heavy atom. The van der Waals surface area contributed by atoms with Gasteiger partial charge in [0.05, 0.1) is 43.1 Å². The van der Waals surface area contributed by atoms with Crippen LogP contribution in [-0.4, -0.2) is 42.8 Å². The van der Waals surface area contributed by atoms with Crippen molar-refractivity contribution in [2.45, 2.75) is 57.8 Å². The van der Waals surface area contributed by atoms with E-state index >= 15 is 0 Å². The molecule has 1 aliphatic heterocycles. The number of carbonyl (C=O) groups excluding carboxylic acids is 2. The van der Waals surface area contributed by atoms with E-state index in [0.717, 1.165) is 44.9 Å². The fourth-order valence-electron chi connectivity index (χ4n) is 4.73. The van der Waals surface area contributed by atoms with E-state index in [0.29, 0.717) is 42.6 Å². The van der Waals surface area contributed by atoms with Gasteiger partial charge in [0.25, 0.3) is 5.91 Å². The first kappa shape index (κ1) is 24.3. The molecule has 6 nitrogen and oxygen atoms in total. The lowest BCUT2D eigenvalue weighted by Gasteiger charge is -2.27. The highest BCUT2D eigenvalue weighted by molar-refractivity contribution is 5.97. The molecule has 0 radical (unpaired) electrons. The summed E-state index contributed by atoms with van der Waals surface area (Å²) in [7, 11) is 1.13. The zero-order chi connectivity index (χ0) is 24.5. The molecule has 184 valence electrons. The standard InChI is InChI=1S/C25H29F3N2O4/c1-15-21(23(31)29-20-13-34-14-20)11-22(30(15)12-16-6-4-3-5-7-16)17-8-18(24(32)33-2)10-19(9-17)25(26,27)28/h8-11,16,20H,3-7,12-14H2,1-2H3,(H,29,31). The first-order valence-electron chi connectivity index (χ1n) is 11.6. The van der Waals surface area contributed by atoms with E-state index in [4.69, 9.17) is 4.74 Å². The second-order valence-corrected chi connectivity index (χ2v) is 9.14. The van der Waals surface area contributed by atoms with Crippen molar-refractivity contribution in [3.8, 4) is 11.3 Å². The Morgan fingerprint density at radius 3 is 2.41 bits per heavy atom. The normalized spacial score (nSPS) is 17.3. The highest BCUT2D eigenvalue weighted by Crippen LogP contribution is 2.36. The van der Waals surface area contributed by atoms with Crippen LogP contribution < -0.4 is 5.32 Å². The molecule has 4 rings (SSSR count). The van der Waals surface area contributed by atoms with E-state index in [-0.39, 0.29) is 23.1 Å². The number of methoxy groups -OCH3 is 1. The Kier molecular flexibility index (Phi) is 7.02. The van der Waals surface area contributed by atoms with Crippen molar-refractivity contribution in [3.05, 3.63) is 46.6 Å². The fourth-order valence-corrected chi connectivity index (χ4v) is 4.73. The Hall–Kier alpha value is -2.81. The molecule has 0 bridgehead atoms. The monoisotopic (exact) mass is 478 g/mol. The summed E-state index contributed by atoms with van der Waals surface area (Å²) in [6, 6.07) is 4.77. The van der Waals surface area contributed by atoms with E-state index in [1.807, 2.05) is 11.5 Å². The van der Waals surface area contributed by atoms with Gasteiger partial charge >= 0.3 is 12.1 Å². The average molecular weight is 479 g/mol. The van der Waals surface area contributed by atoms with Crippen molar-refractivity contribution in [1.82, 2.24) is 9.88 Å². The maximum atomic E-state index is 13.7. The number of benzene rings is 1. The number of alkyl halides is 3. The van der Waals surface area contributed by atoms with Crippen LogP contribution in [0.25, 0.3) is 11.3 Å². The number of nitrogens with zero attached hydrogens (tertiary/aromatic N) is 1. The zero-order valence-corrected chi connectivity index (χ0v) is 19.3. The number of hydrogen-bond donors (Lipinski definition) is 1. The largest absolute Gasteiger partial charge is 0.465 e. The van der Waals surface area contributed by atoms with Gasteiger partial charge in [0.2, 0.25) is 0 Å². The van der Waals surface area contributed by atoms with Gasteiger partial charge in [-0.1, -0.05) is 19.3 Å². The summed E-state index contributed by atoms with van der Waals surface area (Å²) in [5.74, 6) is -0.757. The smallest absolute Gasteiger partial charge is 0.416 e. The second kappa shape index (κ2) is 9.82. The lowest BCUT2D eigenvalue weighted by molar-refractivity contribution is -0.137. The van der Waals surface area contributed by atoms with E-state index in [2.05, 4.69) is 10.1 Å². The Balaban J connectivity index is 1.80. The quantitative estimate of drug-likeness (QED) is 0.595. The Bertz CT molecular complexity index is 1070. The van der Waals surface area contributed by atoms with Crippen molar-refractivity contribution in [1.29, 1.82) is 0 Å². The van der Waals surface area contributed by atoms with Gasteiger partial charge in [0, 0.05) is 17.9 Å². The van der Waals surface area contributed by atoms with Gasteiger partial charge in [-0.2, -0.15) is 13.2 Å². The zero-order valence-electron chi connectivity index (χ0n) is 19.3. The molecule has 0 spiro atoms. The summed E-state index contributed by atoms with van der Waals surface area (Å²) in [4.78, 5) is 25.1. The van der Waals surface area contributed by atoms with Gasteiger partial charge < -0.3 is 19.4 Å². The van der Waals surface area contributed by atoms with Crippen LogP contribution in [0.15, 0.2) is 24.3 Å². The number of rotatable bonds is 6. The Labute approximate surface area is 196 Å². The number of amides is 1. The first-order valence-corrected chi connectivity index (χ1v) is 11.6. The van der Waals surface area contributed by atoms with Crippen molar-refractivity contribution in [2.75, 3.05) is 20.3 Å². The van der Waals surface area contributed by atoms with Gasteiger partial charge in [0.15, 0.2) is 0 Å². The summed E-state index contributed by atoms with van der Waals surface area (Å²) in [5, 5.41) is 2.91. The molecule has 0 unspecified atom stereocenters. The van der Waals surface area contributed by atoms with Gasteiger partial charge in [0.1, 0.15) is 0 Å². The van der Waals surface area contributed by atoms with Gasteiger partial charge in [-0.15, -0.1) is 0 Å². The molecule has 1 amide bonds. The van der Waals surface area contributed by atoms with Crippen molar-refractivity contribution >= 4 is 11.9 Å². The van der Waals surface area contributed by atoms with Crippen LogP contribution in [0, 0.1) is 12.8 Å². The molecule has 2 heterocycles. The number of ether oxygens (including phenoxy) is 2. The van der Waals surface area contributed by atoms with Crippen molar-refractivity contribution in [3.63, 3.8) is 0 Å². The van der Waals surface area contributed by atoms with Gasteiger partial charge in [-0.3, -0.25) is 4.79 Å². The van der Waals surface area contributed by atoms with E-state index in [1.54, 1.807) is 6.07 Å². The molecule has 1 N–H and O–H groups in total. The summed E-state index contributed by atoms with van der Waals surface area (Å²) >= 11 is 0. The molecular formula is C25H29F3N2O4. The number of carbonyl (C=O) groups is 2. The maximum Gasteiger partial charge on any atom is 0.416 e. The van der Waals surface area contributed by atoms with Crippen LogP contribution in [0.4, 0.5) is 13.2 Å². The van der Waals surface area contributed by atoms with Crippen molar-refractivity contribution < 1.29 is 32.2 Å². The molecule has 2 aliphatic rings. The molecule has 1 aromatic heterocycles. The third-order valence-electron chi connectivity index (χ3n) is 6.73. The predicted octanol–water partition coefficient (Wildman–Crippen LogP) is 4.98. The highest BCUT2D eigenvalue weighted by atomic mass is 19.4. The fraction of sp³-hybridized carbons (Fsp3) is 0.520. The van der Waals surface area contributed by atoms with Gasteiger partial charge in [-0.25, -0.2) is 4.79 Å². The maximum absolute atomic E-state index is 13.7. The molecule has 1 saturated heterocycles. The third-order valence-corrected chi connectivity index (χ3v) is 6.73. The van der Waals surface area contributed by atoms with Crippen LogP contribution in [-0.2, 0) is 22.2 Å². The molecule has 9 heteroatoms. The topological polar surface area (TPSA) is 69.6 Å². The van der Waals surface area contributed by atoms with Gasteiger partial charge in [-0.05, 0) is 55.5 Å². The summed E-state index contributed by atoms with van der Waals surface area (Å²) in [6.45, 7) is 3.30. The molecule has 0 atom stereocenters. The summed E-state index contributed by atoms with van der Waals surface area (Å²) in [5.41, 5.74) is 0.679. The second-order valence-electron chi connectivity index (χ2n) is 9.14. The van der Waals surface area contributed by atoms with Crippen LogP contribution in [0.1, 0.15) is 64.1 Å². The Morgan fingerprint density at radius 2 is 1.82 bits per heavy atom. The predicted molar refractivity (Wildman–Crippen MR) is 120 cm³/mol. The minimum absolute atomic E-state index is 0.0727. The number of nitrogens with one attached hydrogen (secondary N) is 1. The van der Waals surface area contributed by atoms with E-state index < -0.39 is 17.7 Å². The van der Waals surface area contributed by atoms with Crippen LogP contribution in [0.2, 0.25) is 0 Å². The molecule has 2 aromatic rings. The first-order chi connectivity index (χ1) is 16.2. The van der Waals surface area contributed by atoms with Crippen LogP contribution in [0.3, 0.4) is 0 Å². The molecule has 1 saturated carbocycles. The average Bonchev–Trinajstić information content (AvgIpc) is 3.11. The number of hydrogen-bond acceptors (Lipinski definition) is 4. The van der Waals surface area contributed by atoms with Crippen LogP contribution in [0.5, 0.6) is 0 Å². The number of halogens is 3. The lowest BCUT2D eigenvalue weighted by atomic mass is 9.89. The highest BCUT2D eigenvalue weighted by Gasteiger charge is 2.33. The number of aromatic nitrogens is 1. The molecule has 1 aliphatic carbocycles. The molecular weight excluding hydrogens is 449 g/mol. The minimum atomic E-state index is -4.64. The molecule has 2 fully saturated rings. The van der Waals surface area contributed by atoms with E-state index in [1.165, 1.54) is 12.5 Å². The number of esters is 1. The summed E-state index contributed by atoms with van der Waals surface area (Å²) in [6.07, 6.45) is 0.846. The summed E-state index contributed by atoms with van der Waals surface area (Å²) < 4.78 is 52.8. The van der Waals surface area contributed by atoms with E-state index in [9.17, 15) is 22.8 Å².